The number of thiophene rings is 1. The molecule has 5 heteroatoms. The van der Waals surface area contributed by atoms with Crippen LogP contribution < -0.4 is 11.1 Å². The number of hydrogen-bond donors (Lipinski definition) is 2. The molecule has 3 nitrogen and oxygen atoms in total. The summed E-state index contributed by atoms with van der Waals surface area (Å²) in [5, 5.41) is 5.37. The van der Waals surface area contributed by atoms with E-state index in [9.17, 15) is 4.79 Å². The van der Waals surface area contributed by atoms with Crippen LogP contribution in [0.1, 0.15) is 31.7 Å². The third-order valence-electron chi connectivity index (χ3n) is 2.56. The predicted molar refractivity (Wildman–Crippen MR) is 71.4 cm³/mol. The number of hydrogen-bond acceptors (Lipinski definition) is 3. The Labute approximate surface area is 109 Å². The Morgan fingerprint density at radius 2 is 2.31 bits per heavy atom. The van der Waals surface area contributed by atoms with Crippen molar-refractivity contribution in [3.63, 3.8) is 0 Å². The van der Waals surface area contributed by atoms with Crippen LogP contribution >= 0.6 is 27.3 Å². The molecule has 1 amide bonds. The molecule has 1 rings (SSSR count). The zero-order chi connectivity index (χ0) is 12.3. The molecular weight excluding hydrogens is 288 g/mol. The molecule has 0 radical (unpaired) electrons. The topological polar surface area (TPSA) is 55.1 Å². The monoisotopic (exact) mass is 304 g/mol. The molecule has 0 bridgehead atoms. The molecule has 1 aromatic rings. The molecule has 3 N–H and O–H groups in total. The molecule has 0 saturated heterocycles. The number of nitrogens with one attached hydrogen (secondary N) is 1. The number of carbonyl (C=O) groups excluding carboxylic acids is 1. The number of amides is 1. The van der Waals surface area contributed by atoms with Gasteiger partial charge in [0.25, 0.3) is 0 Å². The van der Waals surface area contributed by atoms with Gasteiger partial charge in [-0.3, -0.25) is 4.79 Å². The van der Waals surface area contributed by atoms with Crippen molar-refractivity contribution in [3.05, 3.63) is 20.8 Å². The second-order valence-electron chi connectivity index (χ2n) is 4.48. The van der Waals surface area contributed by atoms with Crippen molar-refractivity contribution < 1.29 is 4.79 Å². The molecule has 1 heterocycles. The van der Waals surface area contributed by atoms with E-state index in [1.54, 1.807) is 11.3 Å². The summed E-state index contributed by atoms with van der Waals surface area (Å²) in [5.74, 6) is -0.280. The molecule has 1 atom stereocenters. The average Bonchev–Trinajstić information content (AvgIpc) is 2.61. The molecule has 16 heavy (non-hydrogen) atoms. The molecule has 0 aliphatic rings. The predicted octanol–water partition coefficient (Wildman–Crippen LogP) is 2.67. The zero-order valence-electron chi connectivity index (χ0n) is 9.71. The lowest BCUT2D eigenvalue weighted by molar-refractivity contribution is -0.125. The number of primary amides is 1. The van der Waals surface area contributed by atoms with E-state index < -0.39 is 5.41 Å². The van der Waals surface area contributed by atoms with Crippen molar-refractivity contribution >= 4 is 33.2 Å². The van der Waals surface area contributed by atoms with E-state index in [1.807, 2.05) is 25.3 Å². The summed E-state index contributed by atoms with van der Waals surface area (Å²) < 4.78 is 1.11. The Morgan fingerprint density at radius 3 is 2.75 bits per heavy atom. The Hall–Kier alpha value is -0.390. The SMILES string of the molecule is C[C@H](NCC(C)(C)C(N)=O)c1sccc1Br. The number of rotatable bonds is 5. The maximum absolute atomic E-state index is 11.2. The van der Waals surface area contributed by atoms with Gasteiger partial charge in [-0.05, 0) is 48.1 Å². The summed E-state index contributed by atoms with van der Waals surface area (Å²) in [6.45, 7) is 6.35. The van der Waals surface area contributed by atoms with E-state index in [1.165, 1.54) is 4.88 Å². The fourth-order valence-corrected chi connectivity index (χ4v) is 2.95. The maximum atomic E-state index is 11.2. The van der Waals surface area contributed by atoms with Crippen LogP contribution in [0.4, 0.5) is 0 Å². The smallest absolute Gasteiger partial charge is 0.224 e. The van der Waals surface area contributed by atoms with Crippen LogP contribution in [0.2, 0.25) is 0 Å². The molecule has 0 spiro atoms. The Bertz CT molecular complexity index is 376. The quantitative estimate of drug-likeness (QED) is 0.879. The average molecular weight is 305 g/mol. The van der Waals surface area contributed by atoms with Gasteiger partial charge in [0, 0.05) is 21.9 Å². The maximum Gasteiger partial charge on any atom is 0.224 e. The molecule has 0 fully saturated rings. The van der Waals surface area contributed by atoms with Gasteiger partial charge in [0.15, 0.2) is 0 Å². The first-order valence-corrected chi connectivity index (χ1v) is 6.78. The fraction of sp³-hybridized carbons (Fsp3) is 0.545. The second kappa shape index (κ2) is 5.29. The lowest BCUT2D eigenvalue weighted by Gasteiger charge is -2.23. The van der Waals surface area contributed by atoms with Crippen LogP contribution in [0.15, 0.2) is 15.9 Å². The van der Waals surface area contributed by atoms with E-state index >= 15 is 0 Å². The van der Waals surface area contributed by atoms with Crippen molar-refractivity contribution in [2.45, 2.75) is 26.8 Å². The van der Waals surface area contributed by atoms with Crippen molar-refractivity contribution in [1.29, 1.82) is 0 Å². The molecule has 0 saturated carbocycles. The first kappa shape index (κ1) is 13.7. The van der Waals surface area contributed by atoms with Gasteiger partial charge in [-0.25, -0.2) is 0 Å². The van der Waals surface area contributed by atoms with Gasteiger partial charge in [0.1, 0.15) is 0 Å². The normalized spacial score (nSPS) is 13.8. The highest BCUT2D eigenvalue weighted by Gasteiger charge is 2.25. The van der Waals surface area contributed by atoms with Gasteiger partial charge in [0.2, 0.25) is 5.91 Å². The highest BCUT2D eigenvalue weighted by Crippen LogP contribution is 2.29. The van der Waals surface area contributed by atoms with Crippen molar-refractivity contribution in [2.75, 3.05) is 6.54 Å². The van der Waals surface area contributed by atoms with Crippen LogP contribution in [-0.4, -0.2) is 12.5 Å². The largest absolute Gasteiger partial charge is 0.369 e. The van der Waals surface area contributed by atoms with E-state index in [-0.39, 0.29) is 11.9 Å². The lowest BCUT2D eigenvalue weighted by atomic mass is 9.92. The van der Waals surface area contributed by atoms with Crippen LogP contribution in [0, 0.1) is 5.41 Å². The van der Waals surface area contributed by atoms with Crippen molar-refractivity contribution in [1.82, 2.24) is 5.32 Å². The molecule has 1 aromatic heterocycles. The molecular formula is C11H17BrN2OS. The van der Waals surface area contributed by atoms with E-state index in [0.717, 1.165) is 4.47 Å². The summed E-state index contributed by atoms with van der Waals surface area (Å²) in [4.78, 5) is 12.4. The minimum Gasteiger partial charge on any atom is -0.369 e. The number of halogens is 1. The van der Waals surface area contributed by atoms with Gasteiger partial charge in [0.05, 0.1) is 5.41 Å². The van der Waals surface area contributed by atoms with Gasteiger partial charge in [-0.2, -0.15) is 0 Å². The van der Waals surface area contributed by atoms with Crippen LogP contribution in [0.3, 0.4) is 0 Å². The van der Waals surface area contributed by atoms with Crippen LogP contribution in [0.25, 0.3) is 0 Å². The number of carbonyl (C=O) groups is 1. The summed E-state index contributed by atoms with van der Waals surface area (Å²) in [6, 6.07) is 2.24. The van der Waals surface area contributed by atoms with Crippen molar-refractivity contribution in [2.24, 2.45) is 11.1 Å². The zero-order valence-corrected chi connectivity index (χ0v) is 12.1. The number of nitrogens with two attached hydrogens (primary N) is 1. The highest BCUT2D eigenvalue weighted by atomic mass is 79.9. The van der Waals surface area contributed by atoms with Gasteiger partial charge in [-0.15, -0.1) is 11.3 Å². The van der Waals surface area contributed by atoms with E-state index in [0.29, 0.717) is 6.54 Å². The lowest BCUT2D eigenvalue weighted by Crippen LogP contribution is -2.41. The third-order valence-corrected chi connectivity index (χ3v) is 4.61. The summed E-state index contributed by atoms with van der Waals surface area (Å²) in [7, 11) is 0. The molecule has 0 aromatic carbocycles. The Balaban J connectivity index is 2.57. The van der Waals surface area contributed by atoms with Gasteiger partial charge < -0.3 is 11.1 Å². The van der Waals surface area contributed by atoms with Gasteiger partial charge >= 0.3 is 0 Å². The van der Waals surface area contributed by atoms with E-state index in [4.69, 9.17) is 5.73 Å². The molecule has 90 valence electrons. The first-order valence-electron chi connectivity index (χ1n) is 5.11. The van der Waals surface area contributed by atoms with Gasteiger partial charge in [-0.1, -0.05) is 0 Å². The summed E-state index contributed by atoms with van der Waals surface area (Å²) in [5.41, 5.74) is 4.80. The van der Waals surface area contributed by atoms with Crippen LogP contribution in [-0.2, 0) is 4.79 Å². The first-order chi connectivity index (χ1) is 7.34. The summed E-state index contributed by atoms with van der Waals surface area (Å²) in [6.07, 6.45) is 0. The highest BCUT2D eigenvalue weighted by molar-refractivity contribution is 9.10. The minimum atomic E-state index is -0.516. The van der Waals surface area contributed by atoms with Crippen molar-refractivity contribution in [3.8, 4) is 0 Å². The molecule has 0 aliphatic carbocycles. The molecule has 0 aliphatic heterocycles. The Morgan fingerprint density at radius 1 is 1.69 bits per heavy atom. The fourth-order valence-electron chi connectivity index (χ4n) is 1.20. The minimum absolute atomic E-state index is 0.216. The summed E-state index contributed by atoms with van der Waals surface area (Å²) >= 11 is 5.19. The van der Waals surface area contributed by atoms with Crippen LogP contribution in [0.5, 0.6) is 0 Å². The second-order valence-corrected chi connectivity index (χ2v) is 6.29. The molecule has 0 unspecified atom stereocenters. The standard InChI is InChI=1S/C11H17BrN2OS/c1-7(9-8(12)4-5-16-9)14-6-11(2,3)10(13)15/h4-5,7,14H,6H2,1-3H3,(H2,13,15)/t7-/m0/s1. The third kappa shape index (κ3) is 3.30. The Kier molecular flexibility index (Phi) is 4.52. The van der Waals surface area contributed by atoms with E-state index in [2.05, 4.69) is 28.2 Å².